The molecule has 100 valence electrons. The van der Waals surface area contributed by atoms with E-state index in [0.29, 0.717) is 32.5 Å². The van der Waals surface area contributed by atoms with Gasteiger partial charge in [-0.1, -0.05) is 0 Å². The van der Waals surface area contributed by atoms with Crippen LogP contribution in [0.2, 0.25) is 0 Å². The highest BCUT2D eigenvalue weighted by molar-refractivity contribution is 9.10. The zero-order valence-corrected chi connectivity index (χ0v) is 12.2. The number of aromatic nitrogens is 2. The van der Waals surface area contributed by atoms with Gasteiger partial charge in [-0.05, 0) is 35.7 Å². The molecule has 1 aromatic heterocycles. The van der Waals surface area contributed by atoms with Crippen LogP contribution in [0.3, 0.4) is 0 Å². The molecule has 18 heavy (non-hydrogen) atoms. The summed E-state index contributed by atoms with van der Waals surface area (Å²) in [5.41, 5.74) is 1.11. The summed E-state index contributed by atoms with van der Waals surface area (Å²) in [6, 6.07) is 0. The van der Waals surface area contributed by atoms with Gasteiger partial charge in [0, 0.05) is 26.7 Å². The number of nitrogens with zero attached hydrogens (tertiary/aromatic N) is 2. The van der Waals surface area contributed by atoms with Crippen LogP contribution in [0.5, 0.6) is 0 Å². The molecule has 0 bridgehead atoms. The summed E-state index contributed by atoms with van der Waals surface area (Å²) in [5.74, 6) is -0.739. The first-order valence-corrected chi connectivity index (χ1v) is 6.75. The van der Waals surface area contributed by atoms with E-state index >= 15 is 0 Å². The molecule has 1 fully saturated rings. The van der Waals surface area contributed by atoms with E-state index in [-0.39, 0.29) is 0 Å². The largest absolute Gasteiger partial charge is 0.481 e. The minimum absolute atomic E-state index is 0.490. The van der Waals surface area contributed by atoms with Crippen LogP contribution in [0.4, 0.5) is 0 Å². The molecule has 0 amide bonds. The third-order valence-corrected chi connectivity index (χ3v) is 4.70. The van der Waals surface area contributed by atoms with E-state index in [1.54, 1.807) is 4.68 Å². The fraction of sp³-hybridized carbons (Fsp3) is 0.667. The maximum atomic E-state index is 11.6. The van der Waals surface area contributed by atoms with Crippen molar-refractivity contribution in [2.24, 2.45) is 12.5 Å². The van der Waals surface area contributed by atoms with Gasteiger partial charge in [-0.15, -0.1) is 0 Å². The first kappa shape index (κ1) is 13.5. The van der Waals surface area contributed by atoms with E-state index in [4.69, 9.17) is 4.74 Å². The van der Waals surface area contributed by atoms with Crippen LogP contribution in [-0.2, 0) is 23.0 Å². The molecule has 0 unspecified atom stereocenters. The van der Waals surface area contributed by atoms with Crippen molar-refractivity contribution in [1.82, 2.24) is 9.78 Å². The molecule has 1 aromatic rings. The van der Waals surface area contributed by atoms with E-state index in [0.717, 1.165) is 15.9 Å². The second kappa shape index (κ2) is 5.01. The minimum atomic E-state index is -0.739. The third kappa shape index (κ3) is 2.31. The Hall–Kier alpha value is -0.880. The van der Waals surface area contributed by atoms with E-state index in [2.05, 4.69) is 21.0 Å². The normalized spacial score (nSPS) is 18.8. The number of hydrogen-bond acceptors (Lipinski definition) is 3. The van der Waals surface area contributed by atoms with Crippen molar-refractivity contribution < 1.29 is 14.6 Å². The molecule has 1 saturated heterocycles. The zero-order valence-electron chi connectivity index (χ0n) is 10.6. The highest BCUT2D eigenvalue weighted by Gasteiger charge is 2.41. The summed E-state index contributed by atoms with van der Waals surface area (Å²) in [7, 11) is 1.85. The SMILES string of the molecule is Cc1nn(C)c(CC2(C(=O)O)CCOCC2)c1Br. The molecule has 2 heterocycles. The lowest BCUT2D eigenvalue weighted by Gasteiger charge is -2.33. The number of halogens is 1. The predicted octanol–water partition coefficient (Wildman–Crippen LogP) is 1.91. The molecule has 0 radical (unpaired) electrons. The Balaban J connectivity index is 2.31. The standard InChI is InChI=1S/C12H17BrN2O3/c1-8-10(13)9(15(2)14-8)7-12(11(16)17)3-5-18-6-4-12/h3-7H2,1-2H3,(H,16,17). The summed E-state index contributed by atoms with van der Waals surface area (Å²) < 4.78 is 7.96. The van der Waals surface area contributed by atoms with E-state index in [1.807, 2.05) is 14.0 Å². The number of rotatable bonds is 3. The van der Waals surface area contributed by atoms with Crippen LogP contribution in [0, 0.1) is 12.3 Å². The number of hydrogen-bond donors (Lipinski definition) is 1. The average molecular weight is 317 g/mol. The van der Waals surface area contributed by atoms with E-state index in [9.17, 15) is 9.90 Å². The van der Waals surface area contributed by atoms with Gasteiger partial charge in [0.25, 0.3) is 0 Å². The van der Waals surface area contributed by atoms with Crippen molar-refractivity contribution in [1.29, 1.82) is 0 Å². The van der Waals surface area contributed by atoms with Crippen LogP contribution in [0.1, 0.15) is 24.2 Å². The van der Waals surface area contributed by atoms with Crippen LogP contribution in [-0.4, -0.2) is 34.1 Å². The van der Waals surface area contributed by atoms with Gasteiger partial charge in [0.05, 0.1) is 21.3 Å². The Labute approximate surface area is 114 Å². The number of carboxylic acid groups (broad SMARTS) is 1. The van der Waals surface area contributed by atoms with Crippen molar-refractivity contribution in [2.45, 2.75) is 26.2 Å². The summed E-state index contributed by atoms with van der Waals surface area (Å²) in [5, 5.41) is 13.9. The van der Waals surface area contributed by atoms with Gasteiger partial charge < -0.3 is 9.84 Å². The van der Waals surface area contributed by atoms with Crippen LogP contribution in [0.25, 0.3) is 0 Å². The van der Waals surface area contributed by atoms with Gasteiger partial charge in [0.2, 0.25) is 0 Å². The summed E-state index contributed by atoms with van der Waals surface area (Å²) in [6.45, 7) is 2.94. The third-order valence-electron chi connectivity index (χ3n) is 3.67. The minimum Gasteiger partial charge on any atom is -0.481 e. The monoisotopic (exact) mass is 316 g/mol. The molecule has 0 spiro atoms. The van der Waals surface area contributed by atoms with Gasteiger partial charge in [-0.25, -0.2) is 0 Å². The van der Waals surface area contributed by atoms with Crippen molar-refractivity contribution in [2.75, 3.05) is 13.2 Å². The highest BCUT2D eigenvalue weighted by Crippen LogP contribution is 2.37. The van der Waals surface area contributed by atoms with Crippen molar-refractivity contribution in [3.63, 3.8) is 0 Å². The van der Waals surface area contributed by atoms with Gasteiger partial charge in [0.1, 0.15) is 0 Å². The van der Waals surface area contributed by atoms with Crippen molar-refractivity contribution in [3.05, 3.63) is 15.9 Å². The molecule has 0 aliphatic carbocycles. The zero-order chi connectivity index (χ0) is 13.3. The lowest BCUT2D eigenvalue weighted by atomic mass is 9.76. The Morgan fingerprint density at radius 1 is 1.56 bits per heavy atom. The van der Waals surface area contributed by atoms with Gasteiger partial charge >= 0.3 is 5.97 Å². The van der Waals surface area contributed by atoms with Crippen molar-refractivity contribution in [3.8, 4) is 0 Å². The Bertz CT molecular complexity index is 464. The molecule has 0 atom stereocenters. The Morgan fingerprint density at radius 2 is 2.17 bits per heavy atom. The summed E-state index contributed by atoms with van der Waals surface area (Å²) in [6.07, 6.45) is 1.60. The maximum Gasteiger partial charge on any atom is 0.310 e. The molecular formula is C12H17BrN2O3. The maximum absolute atomic E-state index is 11.6. The first-order valence-electron chi connectivity index (χ1n) is 5.95. The fourth-order valence-electron chi connectivity index (χ4n) is 2.42. The molecule has 1 aliphatic heterocycles. The van der Waals surface area contributed by atoms with E-state index in [1.165, 1.54) is 0 Å². The summed E-state index contributed by atoms with van der Waals surface area (Å²) >= 11 is 3.49. The molecule has 2 rings (SSSR count). The molecule has 0 saturated carbocycles. The molecule has 0 aromatic carbocycles. The number of ether oxygens (including phenoxy) is 1. The lowest BCUT2D eigenvalue weighted by molar-refractivity contribution is -0.154. The van der Waals surface area contributed by atoms with Crippen molar-refractivity contribution >= 4 is 21.9 Å². The highest BCUT2D eigenvalue weighted by atomic mass is 79.9. The number of carbonyl (C=O) groups is 1. The van der Waals surface area contributed by atoms with Gasteiger partial charge in [0.15, 0.2) is 0 Å². The number of aryl methyl sites for hydroxylation is 2. The summed E-state index contributed by atoms with van der Waals surface area (Å²) in [4.78, 5) is 11.6. The molecule has 1 N–H and O–H groups in total. The van der Waals surface area contributed by atoms with Gasteiger partial charge in [-0.2, -0.15) is 5.10 Å². The second-order valence-corrected chi connectivity index (χ2v) is 5.64. The molecular weight excluding hydrogens is 300 g/mol. The molecule has 1 aliphatic rings. The van der Waals surface area contributed by atoms with E-state index < -0.39 is 11.4 Å². The second-order valence-electron chi connectivity index (χ2n) is 4.84. The predicted molar refractivity (Wildman–Crippen MR) is 69.5 cm³/mol. The number of aliphatic carboxylic acids is 1. The smallest absolute Gasteiger partial charge is 0.310 e. The quantitative estimate of drug-likeness (QED) is 0.925. The van der Waals surface area contributed by atoms with Crippen LogP contribution < -0.4 is 0 Å². The lowest BCUT2D eigenvalue weighted by Crippen LogP contribution is -2.39. The Morgan fingerprint density at radius 3 is 2.61 bits per heavy atom. The van der Waals surface area contributed by atoms with Gasteiger partial charge in [-0.3, -0.25) is 9.48 Å². The number of carboxylic acids is 1. The average Bonchev–Trinajstić information content (AvgIpc) is 2.57. The molecule has 6 heteroatoms. The Kier molecular flexibility index (Phi) is 3.77. The topological polar surface area (TPSA) is 64.4 Å². The fourth-order valence-corrected chi connectivity index (χ4v) is 2.90. The van der Waals surface area contributed by atoms with Crippen LogP contribution in [0.15, 0.2) is 4.47 Å². The molecule has 5 nitrogen and oxygen atoms in total. The van der Waals surface area contributed by atoms with Crippen LogP contribution >= 0.6 is 15.9 Å². The first-order chi connectivity index (χ1) is 8.46.